The van der Waals surface area contributed by atoms with Gasteiger partial charge in [-0.25, -0.2) is 0 Å². The van der Waals surface area contributed by atoms with Crippen molar-refractivity contribution in [2.75, 3.05) is 18.6 Å². The third kappa shape index (κ3) is 3.12. The summed E-state index contributed by atoms with van der Waals surface area (Å²) in [5.74, 6) is 0.127. The summed E-state index contributed by atoms with van der Waals surface area (Å²) >= 11 is 1.62. The third-order valence-electron chi connectivity index (χ3n) is 4.93. The van der Waals surface area contributed by atoms with Crippen LogP contribution < -0.4 is 0 Å². The van der Waals surface area contributed by atoms with E-state index in [0.29, 0.717) is 13.0 Å². The molecular weight excluding hydrogens is 367 g/mol. The van der Waals surface area contributed by atoms with Gasteiger partial charge >= 0.3 is 6.18 Å². The number of benzene rings is 1. The SMILES string of the molecule is CSCC[C@H]1COC(C)(C)N1C(=O)[C@H]1O[C@]1(c1ccccc1)C(F)(F)F. The van der Waals surface area contributed by atoms with Gasteiger partial charge in [0.1, 0.15) is 5.72 Å². The van der Waals surface area contributed by atoms with Crippen molar-refractivity contribution in [2.45, 2.75) is 49.9 Å². The number of ether oxygens (including phenoxy) is 2. The number of alkyl halides is 3. The van der Waals surface area contributed by atoms with Crippen LogP contribution in [-0.4, -0.2) is 53.5 Å². The molecule has 2 fully saturated rings. The Morgan fingerprint density at radius 1 is 1.31 bits per heavy atom. The zero-order valence-electron chi connectivity index (χ0n) is 14.9. The van der Waals surface area contributed by atoms with Gasteiger partial charge in [-0.2, -0.15) is 24.9 Å². The lowest BCUT2D eigenvalue weighted by Gasteiger charge is -2.34. The largest absolute Gasteiger partial charge is 0.424 e. The van der Waals surface area contributed by atoms with Crippen LogP contribution in [-0.2, 0) is 19.9 Å². The molecule has 0 aliphatic carbocycles. The molecule has 1 aromatic carbocycles. The van der Waals surface area contributed by atoms with Gasteiger partial charge in [0, 0.05) is 0 Å². The minimum atomic E-state index is -4.69. The van der Waals surface area contributed by atoms with Crippen molar-refractivity contribution in [3.8, 4) is 0 Å². The Morgan fingerprint density at radius 3 is 2.54 bits per heavy atom. The number of hydrogen-bond acceptors (Lipinski definition) is 4. The van der Waals surface area contributed by atoms with Gasteiger partial charge < -0.3 is 14.4 Å². The highest BCUT2D eigenvalue weighted by molar-refractivity contribution is 7.98. The van der Waals surface area contributed by atoms with Gasteiger partial charge in [-0.1, -0.05) is 30.3 Å². The highest BCUT2D eigenvalue weighted by Gasteiger charge is 2.78. The lowest BCUT2D eigenvalue weighted by molar-refractivity contribution is -0.188. The molecule has 0 aromatic heterocycles. The van der Waals surface area contributed by atoms with Gasteiger partial charge in [0.15, 0.2) is 6.10 Å². The Labute approximate surface area is 155 Å². The standard InChI is InChI=1S/C18H22F3NO3S/c1-16(2)22(13(11-24-16)9-10-26-3)15(23)14-17(25-14,18(19,20)21)12-7-5-4-6-8-12/h4-8,13-14H,9-11H2,1-3H3/t13-,14+,17-/m0/s1. The summed E-state index contributed by atoms with van der Waals surface area (Å²) in [4.78, 5) is 14.5. The van der Waals surface area contributed by atoms with Crippen LogP contribution in [0.4, 0.5) is 13.2 Å². The molecule has 2 heterocycles. The molecular formula is C18H22F3NO3S. The number of rotatable bonds is 5. The summed E-state index contributed by atoms with van der Waals surface area (Å²) in [6.07, 6.45) is -3.66. The van der Waals surface area contributed by atoms with Crippen molar-refractivity contribution in [3.05, 3.63) is 35.9 Å². The Morgan fingerprint density at radius 2 is 1.96 bits per heavy atom. The molecule has 2 aliphatic rings. The summed E-state index contributed by atoms with van der Waals surface area (Å²) in [5, 5.41) is 0. The van der Waals surface area contributed by atoms with Gasteiger partial charge in [0.25, 0.3) is 5.91 Å². The lowest BCUT2D eigenvalue weighted by Crippen LogP contribution is -2.51. The lowest BCUT2D eigenvalue weighted by atomic mass is 9.93. The molecule has 3 atom stereocenters. The number of hydrogen-bond donors (Lipinski definition) is 0. The van der Waals surface area contributed by atoms with Crippen molar-refractivity contribution in [1.82, 2.24) is 4.90 Å². The topological polar surface area (TPSA) is 42.1 Å². The molecule has 3 rings (SSSR count). The second-order valence-electron chi connectivity index (χ2n) is 7.00. The summed E-state index contributed by atoms with van der Waals surface area (Å²) in [6.45, 7) is 3.71. The van der Waals surface area contributed by atoms with Gasteiger partial charge in [-0.15, -0.1) is 0 Å². The first-order chi connectivity index (χ1) is 12.1. The maximum Gasteiger partial charge on any atom is 0.424 e. The van der Waals surface area contributed by atoms with Crippen LogP contribution in [0.2, 0.25) is 0 Å². The van der Waals surface area contributed by atoms with E-state index in [2.05, 4.69) is 0 Å². The van der Waals surface area contributed by atoms with Crippen molar-refractivity contribution < 1.29 is 27.4 Å². The van der Waals surface area contributed by atoms with E-state index in [1.165, 1.54) is 29.2 Å². The van der Waals surface area contributed by atoms with Gasteiger partial charge in [-0.05, 0) is 37.8 Å². The van der Waals surface area contributed by atoms with Gasteiger partial charge in [-0.3, -0.25) is 4.79 Å². The van der Waals surface area contributed by atoms with Crippen molar-refractivity contribution in [1.29, 1.82) is 0 Å². The second-order valence-corrected chi connectivity index (χ2v) is 7.98. The highest BCUT2D eigenvalue weighted by Crippen LogP contribution is 2.58. The molecule has 0 spiro atoms. The predicted octanol–water partition coefficient (Wildman–Crippen LogP) is 3.56. The first-order valence-corrected chi connectivity index (χ1v) is 9.80. The summed E-state index contributed by atoms with van der Waals surface area (Å²) in [5.41, 5.74) is -3.58. The van der Waals surface area contributed by atoms with E-state index in [0.717, 1.165) is 5.75 Å². The van der Waals surface area contributed by atoms with Crippen LogP contribution in [0, 0.1) is 0 Å². The van der Waals surface area contributed by atoms with Crippen LogP contribution in [0.1, 0.15) is 25.8 Å². The average Bonchev–Trinajstić information content (AvgIpc) is 3.28. The number of carbonyl (C=O) groups excluding carboxylic acids is 1. The van der Waals surface area contributed by atoms with Crippen LogP contribution >= 0.6 is 11.8 Å². The Kier molecular flexibility index (Phi) is 5.05. The molecule has 1 aromatic rings. The smallest absolute Gasteiger partial charge is 0.354 e. The van der Waals surface area contributed by atoms with E-state index in [9.17, 15) is 18.0 Å². The monoisotopic (exact) mass is 389 g/mol. The Bertz CT molecular complexity index is 667. The molecule has 2 saturated heterocycles. The van der Waals surface area contributed by atoms with Gasteiger partial charge in [0.2, 0.25) is 5.60 Å². The fourth-order valence-corrected chi connectivity index (χ4v) is 4.09. The maximum absolute atomic E-state index is 13.8. The minimum absolute atomic E-state index is 0.0514. The normalized spacial score (nSPS) is 30.5. The van der Waals surface area contributed by atoms with E-state index < -0.39 is 29.5 Å². The second kappa shape index (κ2) is 6.73. The van der Waals surface area contributed by atoms with E-state index in [-0.39, 0.29) is 11.6 Å². The molecule has 144 valence electrons. The Balaban J connectivity index is 1.89. The summed E-state index contributed by atoms with van der Waals surface area (Å²) in [6, 6.07) is 7.08. The number of epoxide rings is 1. The molecule has 0 bridgehead atoms. The number of amides is 1. The maximum atomic E-state index is 13.8. The molecule has 0 radical (unpaired) electrons. The van der Waals surface area contributed by atoms with Crippen LogP contribution in [0.15, 0.2) is 30.3 Å². The molecule has 2 aliphatic heterocycles. The molecule has 0 saturated carbocycles. The van der Waals surface area contributed by atoms with Crippen LogP contribution in [0.25, 0.3) is 0 Å². The molecule has 8 heteroatoms. The van der Waals surface area contributed by atoms with Crippen molar-refractivity contribution in [3.63, 3.8) is 0 Å². The first-order valence-electron chi connectivity index (χ1n) is 8.41. The first kappa shape index (κ1) is 19.5. The van der Waals surface area contributed by atoms with Crippen LogP contribution in [0.5, 0.6) is 0 Å². The third-order valence-corrected chi connectivity index (χ3v) is 5.57. The quantitative estimate of drug-likeness (QED) is 0.723. The summed E-state index contributed by atoms with van der Waals surface area (Å²) < 4.78 is 52.3. The molecule has 26 heavy (non-hydrogen) atoms. The minimum Gasteiger partial charge on any atom is -0.354 e. The number of halogens is 3. The Hall–Kier alpha value is -1.25. The van der Waals surface area contributed by atoms with E-state index >= 15 is 0 Å². The fourth-order valence-electron chi connectivity index (χ4n) is 3.58. The van der Waals surface area contributed by atoms with Crippen molar-refractivity contribution >= 4 is 17.7 Å². The van der Waals surface area contributed by atoms with Crippen molar-refractivity contribution in [2.24, 2.45) is 0 Å². The summed E-state index contributed by atoms with van der Waals surface area (Å²) in [7, 11) is 0. The zero-order chi connectivity index (χ0) is 19.2. The van der Waals surface area contributed by atoms with E-state index in [1.54, 1.807) is 31.7 Å². The van der Waals surface area contributed by atoms with Gasteiger partial charge in [0.05, 0.1) is 12.6 Å². The molecule has 0 N–H and O–H groups in total. The van der Waals surface area contributed by atoms with E-state index in [4.69, 9.17) is 9.47 Å². The number of nitrogens with zero attached hydrogens (tertiary/aromatic N) is 1. The fraction of sp³-hybridized carbons (Fsp3) is 0.611. The molecule has 0 unspecified atom stereocenters. The molecule has 1 amide bonds. The number of thioether (sulfide) groups is 1. The van der Waals surface area contributed by atoms with E-state index in [1.807, 2.05) is 6.26 Å². The number of carbonyl (C=O) groups is 1. The average molecular weight is 389 g/mol. The zero-order valence-corrected chi connectivity index (χ0v) is 15.7. The molecule has 4 nitrogen and oxygen atoms in total. The predicted molar refractivity (Wildman–Crippen MR) is 92.7 cm³/mol. The van der Waals surface area contributed by atoms with Crippen LogP contribution in [0.3, 0.4) is 0 Å². The highest BCUT2D eigenvalue weighted by atomic mass is 32.2.